The Balaban J connectivity index is 2.44. The molecule has 1 unspecified atom stereocenters. The molecule has 0 amide bonds. The summed E-state index contributed by atoms with van der Waals surface area (Å²) in [6.45, 7) is 9.15. The fraction of sp³-hybridized carbons (Fsp3) is 0.368. The zero-order valence-electron chi connectivity index (χ0n) is 13.3. The van der Waals surface area contributed by atoms with Gasteiger partial charge in [-0.15, -0.1) is 0 Å². The molecule has 0 aliphatic heterocycles. The topological polar surface area (TPSA) is 12.0 Å². The van der Waals surface area contributed by atoms with E-state index in [4.69, 9.17) is 0 Å². The van der Waals surface area contributed by atoms with E-state index < -0.39 is 0 Å². The van der Waals surface area contributed by atoms with Crippen LogP contribution in [-0.2, 0) is 0 Å². The smallest absolute Gasteiger partial charge is 0.126 e. The average molecular weight is 285 g/mol. The van der Waals surface area contributed by atoms with Gasteiger partial charge in [0.25, 0.3) is 0 Å². The van der Waals surface area contributed by atoms with Crippen molar-refractivity contribution >= 4 is 0 Å². The SMILES string of the molecule is CCCNC(c1ccc(F)c(C)c1)c1ccc(C)cc1C. The lowest BCUT2D eigenvalue weighted by atomic mass is 9.93. The van der Waals surface area contributed by atoms with Crippen LogP contribution in [0.25, 0.3) is 0 Å². The first-order valence-corrected chi connectivity index (χ1v) is 7.59. The third-order valence-corrected chi connectivity index (χ3v) is 3.85. The van der Waals surface area contributed by atoms with Gasteiger partial charge in [-0.1, -0.05) is 42.8 Å². The number of benzene rings is 2. The Morgan fingerprint density at radius 2 is 1.76 bits per heavy atom. The molecule has 0 fully saturated rings. The summed E-state index contributed by atoms with van der Waals surface area (Å²) in [6.07, 6.45) is 1.07. The summed E-state index contributed by atoms with van der Waals surface area (Å²) in [4.78, 5) is 0. The molecule has 0 saturated carbocycles. The lowest BCUT2D eigenvalue weighted by molar-refractivity contribution is 0.588. The van der Waals surface area contributed by atoms with Gasteiger partial charge in [0.15, 0.2) is 0 Å². The minimum atomic E-state index is -0.145. The predicted octanol–water partition coefficient (Wildman–Crippen LogP) is 4.84. The average Bonchev–Trinajstić information content (AvgIpc) is 2.44. The fourth-order valence-electron chi connectivity index (χ4n) is 2.69. The van der Waals surface area contributed by atoms with Crippen LogP contribution < -0.4 is 5.32 Å². The highest BCUT2D eigenvalue weighted by Crippen LogP contribution is 2.27. The number of hydrogen-bond acceptors (Lipinski definition) is 1. The largest absolute Gasteiger partial charge is 0.306 e. The Hall–Kier alpha value is -1.67. The molecule has 0 radical (unpaired) electrons. The predicted molar refractivity (Wildman–Crippen MR) is 87.2 cm³/mol. The van der Waals surface area contributed by atoms with Crippen molar-refractivity contribution in [3.8, 4) is 0 Å². The van der Waals surface area contributed by atoms with Gasteiger partial charge in [0.05, 0.1) is 6.04 Å². The first-order chi connectivity index (χ1) is 10.0. The lowest BCUT2D eigenvalue weighted by Gasteiger charge is -2.22. The van der Waals surface area contributed by atoms with Crippen LogP contribution in [-0.4, -0.2) is 6.54 Å². The van der Waals surface area contributed by atoms with Crippen molar-refractivity contribution in [1.29, 1.82) is 0 Å². The van der Waals surface area contributed by atoms with Crippen molar-refractivity contribution in [2.24, 2.45) is 0 Å². The molecule has 0 bridgehead atoms. The zero-order valence-corrected chi connectivity index (χ0v) is 13.3. The van der Waals surface area contributed by atoms with Crippen LogP contribution in [0.4, 0.5) is 4.39 Å². The molecule has 1 N–H and O–H groups in total. The Kier molecular flexibility index (Phi) is 5.13. The first kappa shape index (κ1) is 15.7. The van der Waals surface area contributed by atoms with Gasteiger partial charge in [0.1, 0.15) is 5.82 Å². The van der Waals surface area contributed by atoms with Crippen LogP contribution in [0.2, 0.25) is 0 Å². The Labute approximate surface area is 127 Å². The molecule has 0 spiro atoms. The number of nitrogens with one attached hydrogen (secondary N) is 1. The van der Waals surface area contributed by atoms with Gasteiger partial charge in [-0.3, -0.25) is 0 Å². The number of halogens is 1. The molecule has 2 aromatic carbocycles. The zero-order chi connectivity index (χ0) is 15.4. The summed E-state index contributed by atoms with van der Waals surface area (Å²) in [6, 6.07) is 12.0. The van der Waals surface area contributed by atoms with E-state index in [0.717, 1.165) is 18.5 Å². The highest BCUT2D eigenvalue weighted by atomic mass is 19.1. The molecule has 2 aromatic rings. The molecule has 2 heteroatoms. The summed E-state index contributed by atoms with van der Waals surface area (Å²) in [5.74, 6) is -0.145. The fourth-order valence-corrected chi connectivity index (χ4v) is 2.69. The molecule has 0 aliphatic carbocycles. The molecule has 0 heterocycles. The summed E-state index contributed by atoms with van der Waals surface area (Å²) >= 11 is 0. The first-order valence-electron chi connectivity index (χ1n) is 7.59. The summed E-state index contributed by atoms with van der Waals surface area (Å²) < 4.78 is 13.5. The molecule has 2 rings (SSSR count). The van der Waals surface area contributed by atoms with Gasteiger partial charge in [0.2, 0.25) is 0 Å². The number of hydrogen-bond donors (Lipinski definition) is 1. The van der Waals surface area contributed by atoms with Crippen molar-refractivity contribution in [1.82, 2.24) is 5.32 Å². The normalized spacial score (nSPS) is 12.4. The van der Waals surface area contributed by atoms with E-state index >= 15 is 0 Å². The van der Waals surface area contributed by atoms with Gasteiger partial charge in [0, 0.05) is 0 Å². The molecular weight excluding hydrogens is 261 g/mol. The maximum absolute atomic E-state index is 13.5. The number of rotatable bonds is 5. The third kappa shape index (κ3) is 3.70. The van der Waals surface area contributed by atoms with E-state index in [1.165, 1.54) is 16.7 Å². The van der Waals surface area contributed by atoms with Gasteiger partial charge in [-0.2, -0.15) is 0 Å². The Morgan fingerprint density at radius 1 is 1.00 bits per heavy atom. The van der Waals surface area contributed by atoms with Crippen molar-refractivity contribution < 1.29 is 4.39 Å². The van der Waals surface area contributed by atoms with Crippen molar-refractivity contribution in [3.63, 3.8) is 0 Å². The van der Waals surface area contributed by atoms with E-state index in [0.29, 0.717) is 5.56 Å². The van der Waals surface area contributed by atoms with E-state index in [1.54, 1.807) is 6.07 Å². The molecule has 0 aliphatic rings. The van der Waals surface area contributed by atoms with E-state index in [1.807, 2.05) is 19.1 Å². The van der Waals surface area contributed by atoms with Crippen LogP contribution >= 0.6 is 0 Å². The van der Waals surface area contributed by atoms with Gasteiger partial charge in [-0.05, 0) is 62.1 Å². The van der Waals surface area contributed by atoms with E-state index in [9.17, 15) is 4.39 Å². The molecule has 1 nitrogen and oxygen atoms in total. The molecular formula is C19H24FN. The lowest BCUT2D eigenvalue weighted by Crippen LogP contribution is -2.24. The van der Waals surface area contributed by atoms with Crippen molar-refractivity contribution in [2.45, 2.75) is 40.2 Å². The van der Waals surface area contributed by atoms with Crippen LogP contribution in [0, 0.1) is 26.6 Å². The highest BCUT2D eigenvalue weighted by Gasteiger charge is 2.16. The van der Waals surface area contributed by atoms with Gasteiger partial charge < -0.3 is 5.32 Å². The van der Waals surface area contributed by atoms with Crippen LogP contribution in [0.3, 0.4) is 0 Å². The van der Waals surface area contributed by atoms with Gasteiger partial charge in [-0.25, -0.2) is 4.39 Å². The van der Waals surface area contributed by atoms with Crippen molar-refractivity contribution in [2.75, 3.05) is 6.54 Å². The summed E-state index contributed by atoms with van der Waals surface area (Å²) in [7, 11) is 0. The highest BCUT2D eigenvalue weighted by molar-refractivity contribution is 5.40. The third-order valence-electron chi connectivity index (χ3n) is 3.85. The molecule has 0 saturated heterocycles. The molecule has 112 valence electrons. The molecule has 1 atom stereocenters. The van der Waals surface area contributed by atoms with Gasteiger partial charge >= 0.3 is 0 Å². The Bertz CT molecular complexity index is 619. The van der Waals surface area contributed by atoms with Crippen molar-refractivity contribution in [3.05, 3.63) is 70.0 Å². The maximum atomic E-state index is 13.5. The quantitative estimate of drug-likeness (QED) is 0.829. The van der Waals surface area contributed by atoms with E-state index in [2.05, 4.69) is 44.3 Å². The minimum Gasteiger partial charge on any atom is -0.306 e. The second-order valence-electron chi connectivity index (χ2n) is 5.76. The summed E-state index contributed by atoms with van der Waals surface area (Å²) in [5.41, 5.74) is 5.61. The standard InChI is InChI=1S/C19H24FN/c1-5-10-21-19(16-7-9-18(20)15(4)12-16)17-8-6-13(2)11-14(17)3/h6-9,11-12,19,21H,5,10H2,1-4H3. The van der Waals surface area contributed by atoms with Crippen LogP contribution in [0.15, 0.2) is 36.4 Å². The van der Waals surface area contributed by atoms with Crippen LogP contribution in [0.1, 0.15) is 47.2 Å². The Morgan fingerprint density at radius 3 is 2.38 bits per heavy atom. The van der Waals surface area contributed by atoms with E-state index in [-0.39, 0.29) is 11.9 Å². The number of aryl methyl sites for hydroxylation is 3. The second kappa shape index (κ2) is 6.86. The molecule has 21 heavy (non-hydrogen) atoms. The second-order valence-corrected chi connectivity index (χ2v) is 5.76. The molecule has 0 aromatic heterocycles. The van der Waals surface area contributed by atoms with Crippen LogP contribution in [0.5, 0.6) is 0 Å². The minimum absolute atomic E-state index is 0.116. The maximum Gasteiger partial charge on any atom is 0.126 e. The monoisotopic (exact) mass is 285 g/mol. The summed E-state index contributed by atoms with van der Waals surface area (Å²) in [5, 5.41) is 3.59.